The first-order valence-electron chi connectivity index (χ1n) is 7.90. The molecule has 1 aromatic rings. The van der Waals surface area contributed by atoms with Gasteiger partial charge in [0.2, 0.25) is 0 Å². The van der Waals surface area contributed by atoms with Crippen LogP contribution in [0.1, 0.15) is 62.7 Å². The third kappa shape index (κ3) is 6.09. The molecule has 0 saturated carbocycles. The molecule has 2 N–H and O–H groups in total. The minimum Gasteiger partial charge on any atom is -0.385 e. The molecular weight excluding hydrogens is 248 g/mol. The maximum atomic E-state index is 12.1. The van der Waals surface area contributed by atoms with Crippen LogP contribution in [0.3, 0.4) is 0 Å². The summed E-state index contributed by atoms with van der Waals surface area (Å²) in [7, 11) is 0. The minimum absolute atomic E-state index is 0.0232. The van der Waals surface area contributed by atoms with Crippen molar-refractivity contribution < 1.29 is 4.79 Å². The lowest BCUT2D eigenvalue weighted by molar-refractivity contribution is 0.0953. The van der Waals surface area contributed by atoms with Crippen molar-refractivity contribution in [1.82, 2.24) is 5.32 Å². The van der Waals surface area contributed by atoms with Crippen molar-refractivity contribution in [3.8, 4) is 0 Å². The summed E-state index contributed by atoms with van der Waals surface area (Å²) < 4.78 is 0. The van der Waals surface area contributed by atoms with Gasteiger partial charge >= 0.3 is 0 Å². The smallest absolute Gasteiger partial charge is 0.253 e. The van der Waals surface area contributed by atoms with E-state index in [-0.39, 0.29) is 5.91 Å². The van der Waals surface area contributed by atoms with Crippen LogP contribution in [0.4, 0.5) is 5.69 Å². The Bertz CT molecular complexity index is 390. The lowest BCUT2D eigenvalue weighted by atomic mass is 10.1. The molecule has 0 saturated heterocycles. The number of amides is 1. The molecule has 1 rings (SSSR count). The molecule has 0 aliphatic rings. The van der Waals surface area contributed by atoms with Gasteiger partial charge in [-0.25, -0.2) is 0 Å². The quantitative estimate of drug-likeness (QED) is 0.629. The molecule has 0 spiro atoms. The largest absolute Gasteiger partial charge is 0.385 e. The standard InChI is InChI=1S/C17H28N2O/c1-3-5-6-7-8-11-14-19-17(20)15-12-9-10-13-16(15)18-4-2/h9-10,12-13,18H,3-8,11,14H2,1-2H3,(H,19,20). The molecule has 3 nitrogen and oxygen atoms in total. The number of hydrogen-bond acceptors (Lipinski definition) is 2. The Hall–Kier alpha value is -1.51. The van der Waals surface area contributed by atoms with Gasteiger partial charge in [-0.1, -0.05) is 51.2 Å². The molecule has 0 unspecified atom stereocenters. The molecule has 1 aromatic carbocycles. The van der Waals surface area contributed by atoms with Gasteiger partial charge in [0.05, 0.1) is 5.56 Å². The third-order valence-electron chi connectivity index (χ3n) is 3.35. The monoisotopic (exact) mass is 276 g/mol. The van der Waals surface area contributed by atoms with Crippen LogP contribution in [0.5, 0.6) is 0 Å². The van der Waals surface area contributed by atoms with Crippen LogP contribution < -0.4 is 10.6 Å². The molecule has 20 heavy (non-hydrogen) atoms. The summed E-state index contributed by atoms with van der Waals surface area (Å²) in [5.41, 5.74) is 1.65. The average Bonchev–Trinajstić information content (AvgIpc) is 2.47. The van der Waals surface area contributed by atoms with Crippen molar-refractivity contribution >= 4 is 11.6 Å². The second kappa shape index (κ2) is 10.3. The van der Waals surface area contributed by atoms with Crippen LogP contribution in [0.2, 0.25) is 0 Å². The number of carbonyl (C=O) groups is 1. The summed E-state index contributed by atoms with van der Waals surface area (Å²) in [6.07, 6.45) is 7.46. The lowest BCUT2D eigenvalue weighted by Gasteiger charge is -2.10. The van der Waals surface area contributed by atoms with Gasteiger partial charge in [-0.05, 0) is 25.5 Å². The van der Waals surface area contributed by atoms with Gasteiger partial charge in [0.15, 0.2) is 0 Å². The number of carbonyl (C=O) groups excluding carboxylic acids is 1. The zero-order chi connectivity index (χ0) is 14.6. The molecule has 0 radical (unpaired) electrons. The topological polar surface area (TPSA) is 41.1 Å². The predicted molar refractivity (Wildman–Crippen MR) is 86.3 cm³/mol. The molecule has 0 bridgehead atoms. The highest BCUT2D eigenvalue weighted by atomic mass is 16.1. The second-order valence-electron chi connectivity index (χ2n) is 5.10. The summed E-state index contributed by atoms with van der Waals surface area (Å²) >= 11 is 0. The van der Waals surface area contributed by atoms with Crippen LogP contribution in [0, 0.1) is 0 Å². The van der Waals surface area contributed by atoms with E-state index in [1.807, 2.05) is 31.2 Å². The van der Waals surface area contributed by atoms with Crippen LogP contribution in [-0.2, 0) is 0 Å². The van der Waals surface area contributed by atoms with Crippen molar-refractivity contribution in [1.29, 1.82) is 0 Å². The van der Waals surface area contributed by atoms with E-state index < -0.39 is 0 Å². The SMILES string of the molecule is CCCCCCCCNC(=O)c1ccccc1NCC. The highest BCUT2D eigenvalue weighted by Crippen LogP contribution is 2.14. The van der Waals surface area contributed by atoms with Gasteiger partial charge in [-0.15, -0.1) is 0 Å². The molecule has 0 fully saturated rings. The van der Waals surface area contributed by atoms with Gasteiger partial charge in [0, 0.05) is 18.8 Å². The van der Waals surface area contributed by atoms with Gasteiger partial charge in [-0.2, -0.15) is 0 Å². The van der Waals surface area contributed by atoms with E-state index in [1.165, 1.54) is 32.1 Å². The predicted octanol–water partition coefficient (Wildman–Crippen LogP) is 4.21. The highest BCUT2D eigenvalue weighted by Gasteiger charge is 2.09. The molecule has 0 atom stereocenters. The Kier molecular flexibility index (Phi) is 8.52. The maximum Gasteiger partial charge on any atom is 0.253 e. The second-order valence-corrected chi connectivity index (χ2v) is 5.10. The fourth-order valence-electron chi connectivity index (χ4n) is 2.23. The first-order chi connectivity index (χ1) is 9.79. The number of nitrogens with one attached hydrogen (secondary N) is 2. The van der Waals surface area contributed by atoms with Crippen molar-refractivity contribution in [2.24, 2.45) is 0 Å². The van der Waals surface area contributed by atoms with Crippen molar-refractivity contribution in [2.45, 2.75) is 52.4 Å². The first kappa shape index (κ1) is 16.5. The van der Waals surface area contributed by atoms with E-state index in [0.29, 0.717) is 0 Å². The number of benzene rings is 1. The molecule has 0 aliphatic carbocycles. The normalized spacial score (nSPS) is 10.3. The van der Waals surface area contributed by atoms with Crippen molar-refractivity contribution in [3.05, 3.63) is 29.8 Å². The summed E-state index contributed by atoms with van der Waals surface area (Å²) in [5, 5.41) is 6.23. The molecular formula is C17H28N2O. The molecule has 112 valence electrons. The fourth-order valence-corrected chi connectivity index (χ4v) is 2.23. The van der Waals surface area contributed by atoms with E-state index in [2.05, 4.69) is 17.6 Å². The Balaban J connectivity index is 2.29. The Morgan fingerprint density at radius 2 is 1.70 bits per heavy atom. The van der Waals surface area contributed by atoms with Crippen LogP contribution in [-0.4, -0.2) is 19.0 Å². The van der Waals surface area contributed by atoms with Gasteiger partial charge in [0.1, 0.15) is 0 Å². The number of rotatable bonds is 10. The first-order valence-corrected chi connectivity index (χ1v) is 7.90. The molecule has 1 amide bonds. The van der Waals surface area contributed by atoms with Gasteiger partial charge < -0.3 is 10.6 Å². The zero-order valence-corrected chi connectivity index (χ0v) is 12.9. The van der Waals surface area contributed by atoms with Gasteiger partial charge in [0.25, 0.3) is 5.91 Å². The lowest BCUT2D eigenvalue weighted by Crippen LogP contribution is -2.25. The summed E-state index contributed by atoms with van der Waals surface area (Å²) in [4.78, 5) is 12.1. The fraction of sp³-hybridized carbons (Fsp3) is 0.588. The zero-order valence-electron chi connectivity index (χ0n) is 12.9. The Labute approximate surface area is 123 Å². The Morgan fingerprint density at radius 3 is 2.45 bits per heavy atom. The molecule has 0 aliphatic heterocycles. The number of unbranched alkanes of at least 4 members (excludes halogenated alkanes) is 5. The Morgan fingerprint density at radius 1 is 1.00 bits per heavy atom. The number of hydrogen-bond donors (Lipinski definition) is 2. The van der Waals surface area contributed by atoms with E-state index in [4.69, 9.17) is 0 Å². The third-order valence-corrected chi connectivity index (χ3v) is 3.35. The van der Waals surface area contributed by atoms with Gasteiger partial charge in [-0.3, -0.25) is 4.79 Å². The van der Waals surface area contributed by atoms with Crippen LogP contribution in [0.15, 0.2) is 24.3 Å². The molecule has 0 heterocycles. The summed E-state index contributed by atoms with van der Waals surface area (Å²) in [6, 6.07) is 7.67. The molecule has 3 heteroatoms. The maximum absolute atomic E-state index is 12.1. The van der Waals surface area contributed by atoms with E-state index >= 15 is 0 Å². The van der Waals surface area contributed by atoms with E-state index in [9.17, 15) is 4.79 Å². The highest BCUT2D eigenvalue weighted by molar-refractivity contribution is 5.99. The van der Waals surface area contributed by atoms with Crippen LogP contribution >= 0.6 is 0 Å². The van der Waals surface area contributed by atoms with E-state index in [1.54, 1.807) is 0 Å². The van der Waals surface area contributed by atoms with E-state index in [0.717, 1.165) is 30.8 Å². The number of anilines is 1. The average molecular weight is 276 g/mol. The van der Waals surface area contributed by atoms with Crippen molar-refractivity contribution in [2.75, 3.05) is 18.4 Å². The van der Waals surface area contributed by atoms with Crippen LogP contribution in [0.25, 0.3) is 0 Å². The molecule has 0 aromatic heterocycles. The van der Waals surface area contributed by atoms with Crippen molar-refractivity contribution in [3.63, 3.8) is 0 Å². The summed E-state index contributed by atoms with van der Waals surface area (Å²) in [6.45, 7) is 5.85. The number of para-hydroxylation sites is 1. The minimum atomic E-state index is 0.0232. The summed E-state index contributed by atoms with van der Waals surface area (Å²) in [5.74, 6) is 0.0232.